The van der Waals surface area contributed by atoms with Crippen LogP contribution in [0.4, 0.5) is 0 Å². The highest BCUT2D eigenvalue weighted by molar-refractivity contribution is 5.76. The van der Waals surface area contributed by atoms with Gasteiger partial charge in [0.05, 0.1) is 17.4 Å². The normalized spacial score (nSPS) is 16.9. The summed E-state index contributed by atoms with van der Waals surface area (Å²) in [5, 5.41) is 7.94. The fourth-order valence-electron chi connectivity index (χ4n) is 4.75. The Hall–Kier alpha value is -2.80. The molecule has 32 heavy (non-hydrogen) atoms. The molecule has 1 amide bonds. The van der Waals surface area contributed by atoms with Crippen LogP contribution in [0.2, 0.25) is 0 Å². The van der Waals surface area contributed by atoms with Gasteiger partial charge in [-0.15, -0.1) is 0 Å². The van der Waals surface area contributed by atoms with Crippen molar-refractivity contribution < 1.29 is 4.79 Å². The first kappa shape index (κ1) is 22.4. The van der Waals surface area contributed by atoms with Gasteiger partial charge in [-0.2, -0.15) is 5.10 Å². The Bertz CT molecular complexity index is 1120. The Labute approximate surface area is 190 Å². The van der Waals surface area contributed by atoms with E-state index >= 15 is 0 Å². The predicted octanol–water partition coefficient (Wildman–Crippen LogP) is 3.84. The molecule has 0 aromatic carbocycles. The Morgan fingerprint density at radius 1 is 1.22 bits per heavy atom. The molecule has 3 aromatic rings. The first-order valence-electron chi connectivity index (χ1n) is 11.6. The van der Waals surface area contributed by atoms with Crippen molar-refractivity contribution in [2.75, 3.05) is 6.54 Å². The highest BCUT2D eigenvalue weighted by atomic mass is 16.1. The first-order valence-corrected chi connectivity index (χ1v) is 11.6. The molecule has 4 heterocycles. The predicted molar refractivity (Wildman–Crippen MR) is 125 cm³/mol. The van der Waals surface area contributed by atoms with Gasteiger partial charge in [-0.1, -0.05) is 6.07 Å². The molecule has 0 unspecified atom stereocenters. The number of hydrogen-bond acceptors (Lipinski definition) is 5. The fraction of sp³-hybridized carbons (Fsp3) is 0.520. The summed E-state index contributed by atoms with van der Waals surface area (Å²) in [5.74, 6) is 0.0754. The van der Waals surface area contributed by atoms with Crippen LogP contribution in [0.15, 0.2) is 24.3 Å². The number of aromatic nitrogens is 4. The molecule has 1 aliphatic heterocycles. The van der Waals surface area contributed by atoms with Crippen molar-refractivity contribution in [2.24, 2.45) is 0 Å². The van der Waals surface area contributed by atoms with Crippen molar-refractivity contribution in [3.63, 3.8) is 0 Å². The van der Waals surface area contributed by atoms with E-state index in [1.54, 1.807) is 0 Å². The van der Waals surface area contributed by atoms with Crippen molar-refractivity contribution >= 4 is 11.6 Å². The summed E-state index contributed by atoms with van der Waals surface area (Å²) in [4.78, 5) is 24.1. The van der Waals surface area contributed by atoms with E-state index in [1.807, 2.05) is 38.3 Å². The Balaban J connectivity index is 1.56. The van der Waals surface area contributed by atoms with E-state index in [1.165, 1.54) is 0 Å². The van der Waals surface area contributed by atoms with Gasteiger partial charge < -0.3 is 5.32 Å². The maximum Gasteiger partial charge on any atom is 0.220 e. The SMILES string of the molecule is Cc1cccc(CN2CCC[C@H]2c2cc3nc(C)c(CCC(=O)NC(C)C)c(C)n3n2)n1. The minimum atomic E-state index is 0.0754. The molecule has 4 rings (SSSR count). The summed E-state index contributed by atoms with van der Waals surface area (Å²) in [7, 11) is 0. The molecule has 1 atom stereocenters. The third-order valence-corrected chi connectivity index (χ3v) is 6.25. The van der Waals surface area contributed by atoms with E-state index in [0.717, 1.165) is 65.6 Å². The van der Waals surface area contributed by atoms with Crippen LogP contribution in [-0.4, -0.2) is 43.0 Å². The number of nitrogens with one attached hydrogen (secondary N) is 1. The minimum absolute atomic E-state index is 0.0754. The molecule has 0 bridgehead atoms. The molecule has 170 valence electrons. The average molecular weight is 435 g/mol. The number of rotatable bonds is 7. The van der Waals surface area contributed by atoms with Crippen molar-refractivity contribution in [1.29, 1.82) is 0 Å². The van der Waals surface area contributed by atoms with Gasteiger partial charge in [0, 0.05) is 42.2 Å². The summed E-state index contributed by atoms with van der Waals surface area (Å²) in [5.41, 5.74) is 7.26. The number of fused-ring (bicyclic) bond motifs is 1. The summed E-state index contributed by atoms with van der Waals surface area (Å²) in [6.45, 7) is 12.0. The van der Waals surface area contributed by atoms with Gasteiger partial charge in [0.1, 0.15) is 0 Å². The summed E-state index contributed by atoms with van der Waals surface area (Å²) >= 11 is 0. The number of pyridine rings is 1. The number of likely N-dealkylation sites (tertiary alicyclic amines) is 1. The standard InChI is InChI=1S/C25H34N6O/c1-16(2)26-25(32)12-11-21-18(4)28-24-14-22(29-31(24)19(21)5)23-10-7-13-30(23)15-20-9-6-8-17(3)27-20/h6,8-9,14,16,23H,7,10-13,15H2,1-5H3,(H,26,32)/t23-/m0/s1. The molecule has 0 radical (unpaired) electrons. The van der Waals surface area contributed by atoms with Crippen LogP contribution in [0, 0.1) is 20.8 Å². The zero-order valence-electron chi connectivity index (χ0n) is 19.9. The van der Waals surface area contributed by atoms with Crippen LogP contribution >= 0.6 is 0 Å². The molecule has 3 aromatic heterocycles. The number of carbonyl (C=O) groups excluding carboxylic acids is 1. The molecule has 0 aliphatic carbocycles. The smallest absolute Gasteiger partial charge is 0.220 e. The van der Waals surface area contributed by atoms with E-state index in [0.29, 0.717) is 12.8 Å². The van der Waals surface area contributed by atoms with E-state index in [4.69, 9.17) is 10.1 Å². The number of carbonyl (C=O) groups is 1. The zero-order chi connectivity index (χ0) is 22.8. The van der Waals surface area contributed by atoms with Crippen molar-refractivity contribution in [2.45, 2.75) is 78.9 Å². The monoisotopic (exact) mass is 434 g/mol. The van der Waals surface area contributed by atoms with Crippen molar-refractivity contribution in [3.8, 4) is 0 Å². The van der Waals surface area contributed by atoms with Crippen LogP contribution in [0.1, 0.15) is 73.2 Å². The molecule has 1 N–H and O–H groups in total. The molecule has 7 nitrogen and oxygen atoms in total. The van der Waals surface area contributed by atoms with Crippen LogP contribution in [-0.2, 0) is 17.8 Å². The first-order chi connectivity index (χ1) is 15.3. The second-order valence-corrected chi connectivity index (χ2v) is 9.22. The third kappa shape index (κ3) is 4.83. The molecule has 0 saturated carbocycles. The molecule has 1 saturated heterocycles. The second kappa shape index (κ2) is 9.36. The maximum atomic E-state index is 12.1. The largest absolute Gasteiger partial charge is 0.354 e. The topological polar surface area (TPSA) is 75.4 Å². The van der Waals surface area contributed by atoms with E-state index in [-0.39, 0.29) is 18.0 Å². The second-order valence-electron chi connectivity index (χ2n) is 9.22. The van der Waals surface area contributed by atoms with Gasteiger partial charge in [-0.25, -0.2) is 9.50 Å². The average Bonchev–Trinajstić information content (AvgIpc) is 3.34. The lowest BCUT2D eigenvalue weighted by Gasteiger charge is -2.22. The molecule has 1 fully saturated rings. The lowest BCUT2D eigenvalue weighted by molar-refractivity contribution is -0.121. The lowest BCUT2D eigenvalue weighted by atomic mass is 10.1. The summed E-state index contributed by atoms with van der Waals surface area (Å²) in [6.07, 6.45) is 3.38. The van der Waals surface area contributed by atoms with Gasteiger partial charge in [0.15, 0.2) is 5.65 Å². The maximum absolute atomic E-state index is 12.1. The Morgan fingerprint density at radius 2 is 2.03 bits per heavy atom. The van der Waals surface area contributed by atoms with Gasteiger partial charge in [-0.3, -0.25) is 14.7 Å². The van der Waals surface area contributed by atoms with E-state index in [2.05, 4.69) is 40.3 Å². The zero-order valence-corrected chi connectivity index (χ0v) is 19.9. The van der Waals surface area contributed by atoms with Crippen molar-refractivity contribution in [1.82, 2.24) is 29.8 Å². The van der Waals surface area contributed by atoms with Crippen LogP contribution in [0.3, 0.4) is 0 Å². The number of amides is 1. The highest BCUT2D eigenvalue weighted by Crippen LogP contribution is 2.33. The minimum Gasteiger partial charge on any atom is -0.354 e. The van der Waals surface area contributed by atoms with Crippen LogP contribution < -0.4 is 5.32 Å². The van der Waals surface area contributed by atoms with Gasteiger partial charge >= 0.3 is 0 Å². The molecule has 7 heteroatoms. The molecular weight excluding hydrogens is 400 g/mol. The number of aryl methyl sites for hydroxylation is 3. The Kier molecular flexibility index (Phi) is 6.55. The lowest BCUT2D eigenvalue weighted by Crippen LogP contribution is -2.30. The summed E-state index contributed by atoms with van der Waals surface area (Å²) < 4.78 is 1.96. The highest BCUT2D eigenvalue weighted by Gasteiger charge is 2.29. The van der Waals surface area contributed by atoms with Gasteiger partial charge in [-0.05, 0) is 78.1 Å². The molecular formula is C25H34N6O. The van der Waals surface area contributed by atoms with Crippen molar-refractivity contribution in [3.05, 3.63) is 58.3 Å². The third-order valence-electron chi connectivity index (χ3n) is 6.25. The quantitative estimate of drug-likeness (QED) is 0.611. The molecule has 0 spiro atoms. The van der Waals surface area contributed by atoms with E-state index in [9.17, 15) is 4.79 Å². The Morgan fingerprint density at radius 3 is 2.78 bits per heavy atom. The molecule has 1 aliphatic rings. The van der Waals surface area contributed by atoms with E-state index < -0.39 is 0 Å². The number of hydrogen-bond donors (Lipinski definition) is 1. The number of nitrogens with zero attached hydrogens (tertiary/aromatic N) is 5. The van der Waals surface area contributed by atoms with Crippen LogP contribution in [0.25, 0.3) is 5.65 Å². The van der Waals surface area contributed by atoms with Gasteiger partial charge in [0.25, 0.3) is 0 Å². The van der Waals surface area contributed by atoms with Gasteiger partial charge in [0.2, 0.25) is 5.91 Å². The van der Waals surface area contributed by atoms with Crippen LogP contribution in [0.5, 0.6) is 0 Å². The fourth-order valence-corrected chi connectivity index (χ4v) is 4.75. The summed E-state index contributed by atoms with van der Waals surface area (Å²) in [6, 6.07) is 8.77.